The second-order valence-electron chi connectivity index (χ2n) is 5.32. The van der Waals surface area contributed by atoms with Gasteiger partial charge in [0.15, 0.2) is 0 Å². The van der Waals surface area contributed by atoms with Gasteiger partial charge >= 0.3 is 0 Å². The molecule has 0 spiro atoms. The number of rotatable bonds is 5. The largest absolute Gasteiger partial charge is 0.329 e. The maximum absolute atomic E-state index is 6.04. The summed E-state index contributed by atoms with van der Waals surface area (Å²) in [7, 11) is 0. The van der Waals surface area contributed by atoms with Gasteiger partial charge in [-0.05, 0) is 43.4 Å². The summed E-state index contributed by atoms with van der Waals surface area (Å²) in [6.45, 7) is 7.65. The van der Waals surface area contributed by atoms with Crippen LogP contribution in [0.4, 0.5) is 0 Å². The molecular formula is C14H23ClN2S. The van der Waals surface area contributed by atoms with Crippen LogP contribution >= 0.6 is 22.9 Å². The number of hydrogen-bond acceptors (Lipinski definition) is 3. The molecule has 1 atom stereocenters. The van der Waals surface area contributed by atoms with Gasteiger partial charge in [0.2, 0.25) is 0 Å². The molecule has 0 saturated carbocycles. The van der Waals surface area contributed by atoms with E-state index in [1.54, 1.807) is 11.3 Å². The predicted molar refractivity (Wildman–Crippen MR) is 80.3 cm³/mol. The van der Waals surface area contributed by atoms with Crippen LogP contribution in [0, 0.1) is 5.41 Å². The smallest absolute Gasteiger partial charge is 0.0931 e. The molecule has 1 aliphatic heterocycles. The van der Waals surface area contributed by atoms with Crippen LogP contribution in [0.2, 0.25) is 4.34 Å². The van der Waals surface area contributed by atoms with Crippen molar-refractivity contribution in [2.75, 3.05) is 19.6 Å². The fourth-order valence-electron chi connectivity index (χ4n) is 3.02. The summed E-state index contributed by atoms with van der Waals surface area (Å²) in [5, 5.41) is 0. The molecule has 1 aromatic rings. The fraction of sp³-hybridized carbons (Fsp3) is 0.714. The maximum atomic E-state index is 6.04. The van der Waals surface area contributed by atoms with Crippen molar-refractivity contribution in [3.8, 4) is 0 Å². The van der Waals surface area contributed by atoms with Crippen molar-refractivity contribution in [2.45, 2.75) is 39.2 Å². The lowest BCUT2D eigenvalue weighted by Gasteiger charge is -2.30. The van der Waals surface area contributed by atoms with E-state index in [-0.39, 0.29) is 0 Å². The third kappa shape index (κ3) is 2.74. The molecule has 4 heteroatoms. The van der Waals surface area contributed by atoms with Crippen molar-refractivity contribution in [3.63, 3.8) is 0 Å². The first kappa shape index (κ1) is 14.3. The molecule has 0 aliphatic carbocycles. The Morgan fingerprint density at radius 1 is 1.44 bits per heavy atom. The number of likely N-dealkylation sites (tertiary alicyclic amines) is 1. The van der Waals surface area contributed by atoms with Crippen LogP contribution in [0.5, 0.6) is 0 Å². The third-order valence-corrected chi connectivity index (χ3v) is 5.89. The Morgan fingerprint density at radius 2 is 2.17 bits per heavy atom. The lowest BCUT2D eigenvalue weighted by atomic mass is 9.82. The van der Waals surface area contributed by atoms with Gasteiger partial charge in [-0.25, -0.2) is 0 Å². The average Bonchev–Trinajstić information content (AvgIpc) is 2.99. The first-order valence-corrected chi connectivity index (χ1v) is 8.03. The summed E-state index contributed by atoms with van der Waals surface area (Å²) in [5.74, 6) is 0. The first-order valence-electron chi connectivity index (χ1n) is 6.83. The Morgan fingerprint density at radius 3 is 2.61 bits per heavy atom. The van der Waals surface area contributed by atoms with Gasteiger partial charge in [0.05, 0.1) is 10.4 Å². The molecule has 102 valence electrons. The molecule has 0 amide bonds. The molecule has 2 heterocycles. The fourth-order valence-corrected chi connectivity index (χ4v) is 4.22. The van der Waals surface area contributed by atoms with Crippen molar-refractivity contribution in [1.82, 2.24) is 4.90 Å². The third-order valence-electron chi connectivity index (χ3n) is 4.55. The van der Waals surface area contributed by atoms with E-state index >= 15 is 0 Å². The SMILES string of the molecule is CCC1(CC)CCN(C(CN)c2ccc(Cl)s2)C1. The zero-order valence-electron chi connectivity index (χ0n) is 11.3. The monoisotopic (exact) mass is 286 g/mol. The lowest BCUT2D eigenvalue weighted by molar-refractivity contribution is 0.199. The van der Waals surface area contributed by atoms with Gasteiger partial charge in [-0.1, -0.05) is 25.4 Å². The predicted octanol–water partition coefficient (Wildman–Crippen LogP) is 3.91. The number of hydrogen-bond donors (Lipinski definition) is 1. The van der Waals surface area contributed by atoms with Crippen LogP contribution in [0.3, 0.4) is 0 Å². The van der Waals surface area contributed by atoms with Gasteiger partial charge in [-0.15, -0.1) is 11.3 Å². The highest BCUT2D eigenvalue weighted by Crippen LogP contribution is 2.41. The topological polar surface area (TPSA) is 29.3 Å². The Hall–Kier alpha value is -0.0900. The van der Waals surface area contributed by atoms with Crippen molar-refractivity contribution in [2.24, 2.45) is 11.1 Å². The van der Waals surface area contributed by atoms with Crippen molar-refractivity contribution in [1.29, 1.82) is 0 Å². The number of nitrogens with two attached hydrogens (primary N) is 1. The van der Waals surface area contributed by atoms with E-state index in [0.717, 1.165) is 4.34 Å². The zero-order chi connectivity index (χ0) is 13.2. The van der Waals surface area contributed by atoms with Crippen molar-refractivity contribution >= 4 is 22.9 Å². The molecule has 1 fully saturated rings. The Bertz CT molecular complexity index is 387. The maximum Gasteiger partial charge on any atom is 0.0931 e. The average molecular weight is 287 g/mol. The van der Waals surface area contributed by atoms with E-state index in [9.17, 15) is 0 Å². The normalized spacial score (nSPS) is 21.3. The van der Waals surface area contributed by atoms with E-state index in [0.29, 0.717) is 18.0 Å². The molecule has 1 aromatic heterocycles. The van der Waals surface area contributed by atoms with Gasteiger partial charge in [0.25, 0.3) is 0 Å². The highest BCUT2D eigenvalue weighted by Gasteiger charge is 2.38. The van der Waals surface area contributed by atoms with E-state index in [4.69, 9.17) is 17.3 Å². The van der Waals surface area contributed by atoms with Gasteiger partial charge in [0, 0.05) is 18.0 Å². The van der Waals surface area contributed by atoms with Crippen LogP contribution < -0.4 is 5.73 Å². The van der Waals surface area contributed by atoms with Crippen LogP contribution in [0.25, 0.3) is 0 Å². The molecule has 1 unspecified atom stereocenters. The zero-order valence-corrected chi connectivity index (χ0v) is 12.9. The highest BCUT2D eigenvalue weighted by molar-refractivity contribution is 7.16. The molecule has 0 aromatic carbocycles. The molecule has 1 aliphatic rings. The van der Waals surface area contributed by atoms with Gasteiger partial charge < -0.3 is 5.73 Å². The Balaban J connectivity index is 2.11. The van der Waals surface area contributed by atoms with Crippen LogP contribution in [0.1, 0.15) is 44.0 Å². The van der Waals surface area contributed by atoms with Crippen LogP contribution in [0.15, 0.2) is 12.1 Å². The summed E-state index contributed by atoms with van der Waals surface area (Å²) in [5.41, 5.74) is 6.50. The van der Waals surface area contributed by atoms with Gasteiger partial charge in [-0.2, -0.15) is 0 Å². The van der Waals surface area contributed by atoms with E-state index in [1.807, 2.05) is 6.07 Å². The van der Waals surface area contributed by atoms with E-state index < -0.39 is 0 Å². The molecule has 18 heavy (non-hydrogen) atoms. The standard InChI is InChI=1S/C14H23ClN2S/c1-3-14(4-2)7-8-17(10-14)11(9-16)12-5-6-13(15)18-12/h5-6,11H,3-4,7-10,16H2,1-2H3. The van der Waals surface area contributed by atoms with Crippen molar-refractivity contribution < 1.29 is 0 Å². The highest BCUT2D eigenvalue weighted by atomic mass is 35.5. The molecule has 0 bridgehead atoms. The minimum absolute atomic E-state index is 0.350. The first-order chi connectivity index (χ1) is 8.64. The second-order valence-corrected chi connectivity index (χ2v) is 7.07. The minimum atomic E-state index is 0.350. The second kappa shape index (κ2) is 5.91. The molecule has 1 saturated heterocycles. The van der Waals surface area contributed by atoms with Crippen molar-refractivity contribution in [3.05, 3.63) is 21.3 Å². The summed E-state index contributed by atoms with van der Waals surface area (Å²) < 4.78 is 0.861. The summed E-state index contributed by atoms with van der Waals surface area (Å²) in [4.78, 5) is 3.86. The number of thiophene rings is 1. The molecule has 2 rings (SSSR count). The van der Waals surface area contributed by atoms with Crippen LogP contribution in [-0.2, 0) is 0 Å². The summed E-state index contributed by atoms with van der Waals surface area (Å²) >= 11 is 7.70. The molecule has 2 N–H and O–H groups in total. The van der Waals surface area contributed by atoms with Gasteiger partial charge in [-0.3, -0.25) is 4.90 Å². The number of nitrogens with zero attached hydrogens (tertiary/aromatic N) is 1. The molecule has 2 nitrogen and oxygen atoms in total. The number of halogens is 1. The van der Waals surface area contributed by atoms with Gasteiger partial charge in [0.1, 0.15) is 0 Å². The van der Waals surface area contributed by atoms with E-state index in [2.05, 4.69) is 24.8 Å². The molecule has 0 radical (unpaired) electrons. The summed E-state index contributed by atoms with van der Waals surface area (Å²) in [6.07, 6.45) is 3.83. The Labute approximate surface area is 119 Å². The quantitative estimate of drug-likeness (QED) is 0.889. The summed E-state index contributed by atoms with van der Waals surface area (Å²) in [6, 6.07) is 4.46. The molecular weight excluding hydrogens is 264 g/mol. The lowest BCUT2D eigenvalue weighted by Crippen LogP contribution is -2.33. The minimum Gasteiger partial charge on any atom is -0.329 e. The Kier molecular flexibility index (Phi) is 4.70. The van der Waals surface area contributed by atoms with E-state index in [1.165, 1.54) is 37.2 Å². The van der Waals surface area contributed by atoms with Crippen LogP contribution in [-0.4, -0.2) is 24.5 Å².